The minimum absolute atomic E-state index is 0.00281. The molecule has 36 heavy (non-hydrogen) atoms. The minimum Gasteiger partial charge on any atom is -0.373 e. The molecule has 8 nitrogen and oxygen atoms in total. The Morgan fingerprint density at radius 1 is 0.806 bits per heavy atom. The first kappa shape index (κ1) is 34.0. The van der Waals surface area contributed by atoms with Crippen LogP contribution in [0.1, 0.15) is 110 Å². The molecule has 1 saturated heterocycles. The SMILES string of the molecule is CCCCCCCCCCCCCCCCC[C@H]1CO[C@@H](C(C[N+](C)(C)C)(OC)OP(=O)(O)O)CO1. The van der Waals surface area contributed by atoms with Crippen LogP contribution in [-0.2, 0) is 23.3 Å². The lowest BCUT2D eigenvalue weighted by Crippen LogP contribution is -2.61. The number of quaternary nitrogens is 1. The van der Waals surface area contributed by atoms with Crippen molar-refractivity contribution in [3.63, 3.8) is 0 Å². The average molecular weight is 539 g/mol. The Bertz CT molecular complexity index is 587. The van der Waals surface area contributed by atoms with Gasteiger partial charge in [-0.3, -0.25) is 0 Å². The maximum atomic E-state index is 11.7. The highest BCUT2D eigenvalue weighted by Gasteiger charge is 2.52. The van der Waals surface area contributed by atoms with Gasteiger partial charge in [-0.2, -0.15) is 0 Å². The number of methoxy groups -OCH3 is 1. The van der Waals surface area contributed by atoms with Crippen LogP contribution in [0.4, 0.5) is 0 Å². The van der Waals surface area contributed by atoms with Crippen LogP contribution in [-0.4, -0.2) is 80.3 Å². The predicted molar refractivity (Wildman–Crippen MR) is 145 cm³/mol. The summed E-state index contributed by atoms with van der Waals surface area (Å²) in [6.07, 6.45) is 20.4. The third-order valence-electron chi connectivity index (χ3n) is 6.90. The molecule has 0 amide bonds. The van der Waals surface area contributed by atoms with Crippen LogP contribution in [0, 0.1) is 0 Å². The van der Waals surface area contributed by atoms with E-state index in [1.165, 1.54) is 97.0 Å². The van der Waals surface area contributed by atoms with Gasteiger partial charge in [0.05, 0.1) is 40.5 Å². The minimum atomic E-state index is -4.79. The molecule has 0 spiro atoms. The summed E-state index contributed by atoms with van der Waals surface area (Å²) < 4.78 is 34.7. The second-order valence-electron chi connectivity index (χ2n) is 11.6. The molecular formula is C27H57NO7P+. The van der Waals surface area contributed by atoms with Gasteiger partial charge < -0.3 is 28.5 Å². The predicted octanol–water partition coefficient (Wildman–Crippen LogP) is 6.19. The highest BCUT2D eigenvalue weighted by Crippen LogP contribution is 2.44. The largest absolute Gasteiger partial charge is 0.472 e. The van der Waals surface area contributed by atoms with E-state index in [0.29, 0.717) is 11.1 Å². The monoisotopic (exact) mass is 538 g/mol. The number of likely N-dealkylation sites (N-methyl/N-ethyl adjacent to an activating group) is 1. The Kier molecular flexibility index (Phi) is 17.2. The van der Waals surface area contributed by atoms with Crippen molar-refractivity contribution in [2.45, 2.75) is 128 Å². The summed E-state index contributed by atoms with van der Waals surface area (Å²) in [7, 11) is 2.30. The number of unbranched alkanes of at least 4 members (excludes halogenated alkanes) is 14. The van der Waals surface area contributed by atoms with Crippen molar-refractivity contribution in [3.8, 4) is 0 Å². The van der Waals surface area contributed by atoms with E-state index in [1.807, 2.05) is 21.1 Å². The molecule has 1 unspecified atom stereocenters. The Labute approximate surface area is 221 Å². The lowest BCUT2D eigenvalue weighted by Gasteiger charge is -2.44. The first-order valence-corrected chi connectivity index (χ1v) is 15.9. The molecule has 0 aliphatic carbocycles. The molecule has 2 N–H and O–H groups in total. The van der Waals surface area contributed by atoms with Gasteiger partial charge >= 0.3 is 7.82 Å². The second kappa shape index (κ2) is 18.3. The van der Waals surface area contributed by atoms with E-state index < -0.39 is 19.7 Å². The van der Waals surface area contributed by atoms with Crippen molar-refractivity contribution in [1.82, 2.24) is 0 Å². The van der Waals surface area contributed by atoms with Crippen molar-refractivity contribution in [2.75, 3.05) is 48.0 Å². The number of rotatable bonds is 22. The topological polar surface area (TPSA) is 94.5 Å². The van der Waals surface area contributed by atoms with E-state index in [1.54, 1.807) is 0 Å². The van der Waals surface area contributed by atoms with Crippen molar-refractivity contribution in [3.05, 3.63) is 0 Å². The Hall–Kier alpha value is -0.0500. The molecule has 1 aliphatic rings. The average Bonchev–Trinajstić information content (AvgIpc) is 2.79. The third-order valence-corrected chi connectivity index (χ3v) is 7.45. The molecule has 1 rings (SSSR count). The van der Waals surface area contributed by atoms with Crippen LogP contribution in [0.25, 0.3) is 0 Å². The van der Waals surface area contributed by atoms with Crippen LogP contribution in [0.15, 0.2) is 0 Å². The summed E-state index contributed by atoms with van der Waals surface area (Å²) in [5.41, 5.74) is 0. The summed E-state index contributed by atoms with van der Waals surface area (Å²) in [6, 6.07) is 0. The van der Waals surface area contributed by atoms with Crippen LogP contribution in [0.3, 0.4) is 0 Å². The van der Waals surface area contributed by atoms with E-state index >= 15 is 0 Å². The van der Waals surface area contributed by atoms with Crippen LogP contribution < -0.4 is 0 Å². The van der Waals surface area contributed by atoms with Crippen molar-refractivity contribution >= 4 is 7.82 Å². The molecular weight excluding hydrogens is 481 g/mol. The first-order valence-electron chi connectivity index (χ1n) is 14.4. The van der Waals surface area contributed by atoms with Gasteiger partial charge in [-0.1, -0.05) is 103 Å². The van der Waals surface area contributed by atoms with Gasteiger partial charge in [0.15, 0.2) is 0 Å². The highest BCUT2D eigenvalue weighted by atomic mass is 31.2. The van der Waals surface area contributed by atoms with Crippen LogP contribution in [0.2, 0.25) is 0 Å². The van der Waals surface area contributed by atoms with E-state index in [2.05, 4.69) is 6.92 Å². The van der Waals surface area contributed by atoms with Crippen molar-refractivity contribution in [2.24, 2.45) is 0 Å². The standard InChI is InChI=1S/C27H56NO7P/c1-6-7-8-9-10-11-12-13-14-15-16-17-18-19-20-21-25-22-34-26(23-33-25)27(32-5,24-28(2,3)4)35-36(29,30)31/h25-26H,6-24H2,1-5H3,(H-,29,30,31)/p+1/t25-,26+,27?/m0/s1. The zero-order chi connectivity index (χ0) is 26.9. The van der Waals surface area contributed by atoms with Crippen LogP contribution in [0.5, 0.6) is 0 Å². The lowest BCUT2D eigenvalue weighted by molar-refractivity contribution is -0.881. The number of phosphoric acid groups is 1. The number of ether oxygens (including phenoxy) is 3. The maximum absolute atomic E-state index is 11.7. The second-order valence-corrected chi connectivity index (χ2v) is 12.7. The normalized spacial score (nSPS) is 21.0. The fourth-order valence-electron chi connectivity index (χ4n) is 4.99. The van der Waals surface area contributed by atoms with Gasteiger partial charge in [0, 0.05) is 7.11 Å². The quantitative estimate of drug-likeness (QED) is 0.0734. The van der Waals surface area contributed by atoms with E-state index in [9.17, 15) is 14.4 Å². The molecule has 0 aromatic heterocycles. The van der Waals surface area contributed by atoms with Crippen molar-refractivity contribution in [1.29, 1.82) is 0 Å². The first-order chi connectivity index (χ1) is 17.0. The summed E-state index contributed by atoms with van der Waals surface area (Å²) in [5, 5.41) is 0. The van der Waals surface area contributed by atoms with Gasteiger partial charge in [0.1, 0.15) is 12.6 Å². The zero-order valence-corrected chi connectivity index (χ0v) is 24.8. The number of hydrogen-bond acceptors (Lipinski definition) is 5. The van der Waals surface area contributed by atoms with Crippen LogP contribution >= 0.6 is 7.82 Å². The molecule has 0 bridgehead atoms. The highest BCUT2D eigenvalue weighted by molar-refractivity contribution is 7.46. The summed E-state index contributed by atoms with van der Waals surface area (Å²) in [6.45, 7) is 3.02. The van der Waals surface area contributed by atoms with Crippen molar-refractivity contribution < 1.29 is 37.6 Å². The Morgan fingerprint density at radius 3 is 1.64 bits per heavy atom. The lowest BCUT2D eigenvalue weighted by atomic mass is 10.0. The molecule has 0 saturated carbocycles. The molecule has 0 aromatic rings. The summed E-state index contributed by atoms with van der Waals surface area (Å²) >= 11 is 0. The molecule has 0 radical (unpaired) electrons. The van der Waals surface area contributed by atoms with Gasteiger partial charge in [-0.15, -0.1) is 0 Å². The van der Waals surface area contributed by atoms with Gasteiger partial charge in [0.25, 0.3) is 5.79 Å². The molecule has 1 aliphatic heterocycles. The van der Waals surface area contributed by atoms with E-state index in [0.717, 1.165) is 12.8 Å². The smallest absolute Gasteiger partial charge is 0.373 e. The fraction of sp³-hybridized carbons (Fsp3) is 1.00. The number of hydrogen-bond donors (Lipinski definition) is 2. The molecule has 216 valence electrons. The maximum Gasteiger partial charge on any atom is 0.472 e. The third kappa shape index (κ3) is 16.0. The van der Waals surface area contributed by atoms with E-state index in [4.69, 9.17) is 18.7 Å². The number of phosphoric ester groups is 1. The zero-order valence-electron chi connectivity index (χ0n) is 23.9. The molecule has 0 aromatic carbocycles. The Balaban J connectivity index is 2.15. The fourth-order valence-corrected chi connectivity index (χ4v) is 5.64. The van der Waals surface area contributed by atoms with Gasteiger partial charge in [0.2, 0.25) is 0 Å². The molecule has 3 atom stereocenters. The Morgan fingerprint density at radius 2 is 1.28 bits per heavy atom. The summed E-state index contributed by atoms with van der Waals surface area (Å²) in [4.78, 5) is 18.9. The number of nitrogens with zero attached hydrogens (tertiary/aromatic N) is 1. The molecule has 1 fully saturated rings. The summed E-state index contributed by atoms with van der Waals surface area (Å²) in [5.74, 6) is -1.59. The van der Waals surface area contributed by atoms with Gasteiger partial charge in [-0.25, -0.2) is 9.09 Å². The molecule has 1 heterocycles. The van der Waals surface area contributed by atoms with Gasteiger partial charge in [-0.05, 0) is 6.42 Å². The molecule has 9 heteroatoms. The van der Waals surface area contributed by atoms with E-state index in [-0.39, 0.29) is 19.3 Å².